The second-order valence-electron chi connectivity index (χ2n) is 21.7. The van der Waals surface area contributed by atoms with Crippen molar-refractivity contribution in [3.8, 4) is 0 Å². The number of non-ortho nitro benzene ring substituents is 1. The van der Waals surface area contributed by atoms with Gasteiger partial charge in [-0.15, -0.1) is 0 Å². The molecule has 0 N–H and O–H groups in total. The first-order valence-corrected chi connectivity index (χ1v) is 21.4. The number of hydrogen-bond donors (Lipinski definition) is 0. The SMILES string of the molecule is CC(C)(C)CN1CCN(CC(=O)OC(C)(C)C)CCN(CC(Cc2ccc([N+](=O)[O-])cc2)N(CC(=O)OC(C)(C)C)CC(=O)OC(C)(C)C)CCN(CC(C)(C)C)CC1. The van der Waals surface area contributed by atoms with Crippen LogP contribution >= 0.6 is 0 Å². The average molecular weight is 833 g/mol. The summed E-state index contributed by atoms with van der Waals surface area (Å²) in [7, 11) is 0. The molecule has 0 spiro atoms. The van der Waals surface area contributed by atoms with E-state index in [1.807, 2.05) is 67.2 Å². The van der Waals surface area contributed by atoms with Gasteiger partial charge >= 0.3 is 17.9 Å². The molecule has 1 aliphatic rings. The molecule has 0 aromatic heterocycles. The smallest absolute Gasteiger partial charge is 0.320 e. The van der Waals surface area contributed by atoms with Gasteiger partial charge in [0, 0.05) is 90.2 Å². The Kier molecular flexibility index (Phi) is 19.4. The maximum Gasteiger partial charge on any atom is 0.320 e. The maximum atomic E-state index is 13.5. The van der Waals surface area contributed by atoms with Crippen molar-refractivity contribution in [1.29, 1.82) is 0 Å². The van der Waals surface area contributed by atoms with Crippen molar-refractivity contribution in [2.24, 2.45) is 10.8 Å². The van der Waals surface area contributed by atoms with E-state index in [2.05, 4.69) is 61.1 Å². The standard InChI is InChI=1S/C45H80N6O8/c1-41(2,3)33-48-24-22-46(20-21-47(30-38(52)57-43(7,8)9)23-25-49(27-26-48)34-42(4,5)6)29-37(28-35-16-18-36(19-17-35)51(55)56)50(31-39(53)58-44(10,11)12)32-40(54)59-45(13,14)15/h16-19,37H,20-34H2,1-15H3. The Bertz CT molecular complexity index is 1450. The Labute approximate surface area is 356 Å². The number of nitrogens with zero attached hydrogens (tertiary/aromatic N) is 6. The van der Waals surface area contributed by atoms with Crippen molar-refractivity contribution in [3.05, 3.63) is 39.9 Å². The molecule has 0 saturated carbocycles. The summed E-state index contributed by atoms with van der Waals surface area (Å²) in [6.45, 7) is 38.1. The summed E-state index contributed by atoms with van der Waals surface area (Å²) in [4.78, 5) is 62.9. The van der Waals surface area contributed by atoms with Gasteiger partial charge in [-0.25, -0.2) is 0 Å². The highest BCUT2D eigenvalue weighted by Gasteiger charge is 2.31. The van der Waals surface area contributed by atoms with E-state index in [-0.39, 0.29) is 42.1 Å². The second-order valence-corrected chi connectivity index (χ2v) is 21.7. The molecule has 0 aliphatic carbocycles. The lowest BCUT2D eigenvalue weighted by molar-refractivity contribution is -0.384. The molecule has 14 heteroatoms. The third kappa shape index (κ3) is 24.0. The first-order chi connectivity index (χ1) is 26.8. The van der Waals surface area contributed by atoms with Gasteiger partial charge in [0.1, 0.15) is 16.8 Å². The molecule has 1 atom stereocenters. The molecule has 1 aromatic carbocycles. The van der Waals surface area contributed by atoms with Crippen LogP contribution in [0.3, 0.4) is 0 Å². The molecule has 14 nitrogen and oxygen atoms in total. The Balaban J connectivity index is 2.65. The molecular weight excluding hydrogens is 753 g/mol. The van der Waals surface area contributed by atoms with Crippen molar-refractivity contribution in [2.45, 2.75) is 133 Å². The Morgan fingerprint density at radius 1 is 0.593 bits per heavy atom. The maximum absolute atomic E-state index is 13.5. The summed E-state index contributed by atoms with van der Waals surface area (Å²) < 4.78 is 17.3. The lowest BCUT2D eigenvalue weighted by Gasteiger charge is -2.39. The first kappa shape index (κ1) is 52.0. The number of hydrogen-bond acceptors (Lipinski definition) is 13. The van der Waals surface area contributed by atoms with Crippen LogP contribution in [0.25, 0.3) is 0 Å². The summed E-state index contributed by atoms with van der Waals surface area (Å²) in [6, 6.07) is 6.03. The quantitative estimate of drug-likeness (QED) is 0.0919. The normalized spacial score (nSPS) is 17.5. The highest BCUT2D eigenvalue weighted by atomic mass is 16.6. The minimum absolute atomic E-state index is 0.0159. The van der Waals surface area contributed by atoms with Crippen LogP contribution in [0.5, 0.6) is 0 Å². The summed E-state index contributed by atoms with van der Waals surface area (Å²) in [5, 5.41) is 11.5. The van der Waals surface area contributed by atoms with Gasteiger partial charge in [-0.1, -0.05) is 53.7 Å². The highest BCUT2D eigenvalue weighted by molar-refractivity contribution is 5.75. The van der Waals surface area contributed by atoms with Crippen molar-refractivity contribution in [2.75, 3.05) is 91.6 Å². The van der Waals surface area contributed by atoms with E-state index in [9.17, 15) is 24.5 Å². The number of carbonyl (C=O) groups excluding carboxylic acids is 3. The summed E-state index contributed by atoms with van der Waals surface area (Å²) in [5.41, 5.74) is -1.11. The van der Waals surface area contributed by atoms with Crippen LogP contribution in [0.1, 0.15) is 109 Å². The molecule has 1 unspecified atom stereocenters. The Morgan fingerprint density at radius 3 is 1.31 bits per heavy atom. The average Bonchev–Trinajstić information content (AvgIpc) is 3.01. The largest absolute Gasteiger partial charge is 0.459 e. The van der Waals surface area contributed by atoms with Gasteiger partial charge in [-0.3, -0.25) is 39.2 Å². The van der Waals surface area contributed by atoms with Gasteiger partial charge in [-0.2, -0.15) is 0 Å². The molecule has 0 bridgehead atoms. The van der Waals surface area contributed by atoms with E-state index in [1.165, 1.54) is 12.1 Å². The van der Waals surface area contributed by atoms with Crippen LogP contribution in [-0.4, -0.2) is 162 Å². The summed E-state index contributed by atoms with van der Waals surface area (Å²) >= 11 is 0. The van der Waals surface area contributed by atoms with Crippen LogP contribution in [0, 0.1) is 20.9 Å². The zero-order valence-corrected chi connectivity index (χ0v) is 39.4. The van der Waals surface area contributed by atoms with E-state index < -0.39 is 39.7 Å². The number of benzene rings is 1. The van der Waals surface area contributed by atoms with Crippen LogP contribution in [0.2, 0.25) is 0 Å². The molecular formula is C45H80N6O8. The number of ether oxygens (including phenoxy) is 3. The molecule has 0 radical (unpaired) electrons. The van der Waals surface area contributed by atoms with Crippen molar-refractivity contribution in [3.63, 3.8) is 0 Å². The molecule has 59 heavy (non-hydrogen) atoms. The lowest BCUT2D eigenvalue weighted by Crippen LogP contribution is -2.53. The van der Waals surface area contributed by atoms with Gasteiger partial charge in [0.15, 0.2) is 0 Å². The van der Waals surface area contributed by atoms with Crippen molar-refractivity contribution in [1.82, 2.24) is 24.5 Å². The number of carbonyl (C=O) groups is 3. The highest BCUT2D eigenvalue weighted by Crippen LogP contribution is 2.21. The minimum Gasteiger partial charge on any atom is -0.459 e. The predicted molar refractivity (Wildman–Crippen MR) is 234 cm³/mol. The third-order valence-electron chi connectivity index (χ3n) is 9.21. The summed E-state index contributed by atoms with van der Waals surface area (Å²) in [6.07, 6.45) is 0.398. The lowest BCUT2D eigenvalue weighted by atomic mass is 9.95. The van der Waals surface area contributed by atoms with E-state index in [1.54, 1.807) is 12.1 Å². The van der Waals surface area contributed by atoms with Crippen molar-refractivity contribution < 1.29 is 33.5 Å². The molecule has 0 amide bonds. The molecule has 1 fully saturated rings. The monoisotopic (exact) mass is 833 g/mol. The second kappa shape index (κ2) is 22.1. The van der Waals surface area contributed by atoms with Gasteiger partial charge in [0.05, 0.1) is 24.6 Å². The first-order valence-electron chi connectivity index (χ1n) is 21.4. The van der Waals surface area contributed by atoms with Crippen LogP contribution < -0.4 is 0 Å². The van der Waals surface area contributed by atoms with E-state index in [0.717, 1.165) is 44.8 Å². The molecule has 1 aromatic rings. The van der Waals surface area contributed by atoms with Crippen LogP contribution in [0.4, 0.5) is 5.69 Å². The zero-order chi connectivity index (χ0) is 45.0. The van der Waals surface area contributed by atoms with Gasteiger partial charge in [0.2, 0.25) is 0 Å². The zero-order valence-electron chi connectivity index (χ0n) is 39.4. The molecule has 1 heterocycles. The summed E-state index contributed by atoms with van der Waals surface area (Å²) in [5.74, 6) is -1.21. The Morgan fingerprint density at radius 2 is 0.949 bits per heavy atom. The fourth-order valence-corrected chi connectivity index (χ4v) is 7.16. The van der Waals surface area contributed by atoms with Crippen LogP contribution in [-0.2, 0) is 35.0 Å². The minimum atomic E-state index is -0.740. The third-order valence-corrected chi connectivity index (χ3v) is 9.21. The van der Waals surface area contributed by atoms with E-state index >= 15 is 0 Å². The fourth-order valence-electron chi connectivity index (χ4n) is 7.16. The molecule has 1 saturated heterocycles. The number of rotatable bonds is 14. The fraction of sp³-hybridized carbons (Fsp3) is 0.800. The van der Waals surface area contributed by atoms with E-state index in [0.29, 0.717) is 39.1 Å². The van der Waals surface area contributed by atoms with E-state index in [4.69, 9.17) is 14.2 Å². The van der Waals surface area contributed by atoms with Gasteiger partial charge < -0.3 is 24.0 Å². The number of esters is 3. The number of nitro benzene ring substituents is 1. The molecule has 338 valence electrons. The molecule has 2 rings (SSSR count). The van der Waals surface area contributed by atoms with Crippen LogP contribution in [0.15, 0.2) is 24.3 Å². The predicted octanol–water partition coefficient (Wildman–Crippen LogP) is 6.15. The topological polar surface area (TPSA) is 138 Å². The Hall–Kier alpha value is -3.17. The van der Waals surface area contributed by atoms with Gasteiger partial charge in [0.25, 0.3) is 5.69 Å². The van der Waals surface area contributed by atoms with Gasteiger partial charge in [-0.05, 0) is 85.1 Å². The number of nitro groups is 1. The van der Waals surface area contributed by atoms with Crippen molar-refractivity contribution >= 4 is 23.6 Å². The molecule has 1 aliphatic heterocycles.